The van der Waals surface area contributed by atoms with Crippen molar-refractivity contribution >= 4 is 5.91 Å². The Morgan fingerprint density at radius 1 is 0.900 bits per heavy atom. The number of amides is 1. The molecule has 0 bridgehead atoms. The van der Waals surface area contributed by atoms with Crippen molar-refractivity contribution < 1.29 is 32.5 Å². The van der Waals surface area contributed by atoms with E-state index in [0.29, 0.717) is 42.9 Å². The number of ether oxygens (including phenoxy) is 4. The molecular formula is C22H25F2NO5. The van der Waals surface area contributed by atoms with Gasteiger partial charge >= 0.3 is 0 Å². The molecule has 1 N–H and O–H groups in total. The zero-order chi connectivity index (χ0) is 21.7. The van der Waals surface area contributed by atoms with Gasteiger partial charge in [0.05, 0.1) is 33.0 Å². The quantitative estimate of drug-likeness (QED) is 0.729. The average molecular weight is 421 g/mol. The molecule has 0 unspecified atom stereocenters. The first-order valence-electron chi connectivity index (χ1n) is 9.69. The van der Waals surface area contributed by atoms with Gasteiger partial charge in [-0.2, -0.15) is 0 Å². The van der Waals surface area contributed by atoms with Crippen molar-refractivity contribution in [3.8, 4) is 23.0 Å². The van der Waals surface area contributed by atoms with E-state index in [1.807, 2.05) is 12.1 Å². The van der Waals surface area contributed by atoms with Crippen LogP contribution in [0, 0.1) is 11.6 Å². The molecule has 0 heterocycles. The topological polar surface area (TPSA) is 66.0 Å². The summed E-state index contributed by atoms with van der Waals surface area (Å²) < 4.78 is 49.3. The van der Waals surface area contributed by atoms with E-state index in [2.05, 4.69) is 5.32 Å². The molecule has 1 aliphatic carbocycles. The van der Waals surface area contributed by atoms with Gasteiger partial charge in [-0.05, 0) is 49.9 Å². The van der Waals surface area contributed by atoms with Gasteiger partial charge in [-0.15, -0.1) is 0 Å². The van der Waals surface area contributed by atoms with Crippen molar-refractivity contribution in [2.45, 2.75) is 37.8 Å². The lowest BCUT2D eigenvalue weighted by Crippen LogP contribution is -2.40. The molecule has 1 fully saturated rings. The van der Waals surface area contributed by atoms with E-state index in [1.165, 1.54) is 0 Å². The lowest BCUT2D eigenvalue weighted by atomic mass is 9.92. The molecule has 2 aromatic carbocycles. The molecule has 0 aromatic heterocycles. The molecule has 1 amide bonds. The van der Waals surface area contributed by atoms with Crippen LogP contribution in [-0.2, 0) is 0 Å². The van der Waals surface area contributed by atoms with Crippen LogP contribution in [0.1, 0.15) is 36.0 Å². The van der Waals surface area contributed by atoms with Crippen LogP contribution in [-0.4, -0.2) is 39.4 Å². The Kier molecular flexibility index (Phi) is 6.97. The molecule has 0 saturated heterocycles. The van der Waals surface area contributed by atoms with Crippen LogP contribution in [0.2, 0.25) is 0 Å². The second-order valence-electron chi connectivity index (χ2n) is 7.00. The number of rotatable bonds is 7. The predicted octanol–water partition coefficient (Wildman–Crippen LogP) is 4.11. The van der Waals surface area contributed by atoms with Crippen LogP contribution in [0.4, 0.5) is 8.78 Å². The average Bonchev–Trinajstić information content (AvgIpc) is 2.75. The number of carbonyl (C=O) groups excluding carboxylic acids is 1. The normalized spacial score (nSPS) is 18.4. The highest BCUT2D eigenvalue weighted by molar-refractivity contribution is 5.95. The van der Waals surface area contributed by atoms with Gasteiger partial charge in [0.15, 0.2) is 28.9 Å². The molecule has 0 atom stereocenters. The number of benzene rings is 2. The number of nitrogens with one attached hydrogen (secondary N) is 1. The first-order chi connectivity index (χ1) is 14.5. The van der Waals surface area contributed by atoms with Gasteiger partial charge in [0, 0.05) is 6.04 Å². The molecule has 2 aromatic rings. The van der Waals surface area contributed by atoms with E-state index < -0.39 is 23.3 Å². The number of hydrogen-bond acceptors (Lipinski definition) is 5. The highest BCUT2D eigenvalue weighted by Gasteiger charge is 2.27. The minimum absolute atomic E-state index is 0.0400. The van der Waals surface area contributed by atoms with Crippen molar-refractivity contribution in [2.24, 2.45) is 0 Å². The molecule has 0 radical (unpaired) electrons. The fourth-order valence-electron chi connectivity index (χ4n) is 3.61. The van der Waals surface area contributed by atoms with Crippen molar-refractivity contribution in [1.29, 1.82) is 0 Å². The molecule has 1 aliphatic rings. The summed E-state index contributed by atoms with van der Waals surface area (Å²) in [5.74, 6) is -1.28. The maximum absolute atomic E-state index is 14.3. The summed E-state index contributed by atoms with van der Waals surface area (Å²) in [6.45, 7) is 0. The van der Waals surface area contributed by atoms with E-state index >= 15 is 0 Å². The van der Waals surface area contributed by atoms with E-state index in [0.717, 1.165) is 19.2 Å². The third-order valence-electron chi connectivity index (χ3n) is 5.17. The van der Waals surface area contributed by atoms with Crippen LogP contribution >= 0.6 is 0 Å². The van der Waals surface area contributed by atoms with Crippen LogP contribution in [0.3, 0.4) is 0 Å². The van der Waals surface area contributed by atoms with Gasteiger partial charge in [0.1, 0.15) is 0 Å². The van der Waals surface area contributed by atoms with Crippen LogP contribution < -0.4 is 24.3 Å². The summed E-state index contributed by atoms with van der Waals surface area (Å²) in [5.41, 5.74) is -0.243. The number of carbonyl (C=O) groups is 1. The van der Waals surface area contributed by atoms with Gasteiger partial charge in [-0.25, -0.2) is 8.78 Å². The third-order valence-corrected chi connectivity index (χ3v) is 5.17. The highest BCUT2D eigenvalue weighted by atomic mass is 19.1. The van der Waals surface area contributed by atoms with E-state index in [1.54, 1.807) is 20.3 Å². The molecule has 3 rings (SSSR count). The first kappa shape index (κ1) is 21.7. The van der Waals surface area contributed by atoms with E-state index in [-0.39, 0.29) is 17.7 Å². The van der Waals surface area contributed by atoms with E-state index in [9.17, 15) is 13.6 Å². The fourth-order valence-corrected chi connectivity index (χ4v) is 3.61. The van der Waals surface area contributed by atoms with Crippen molar-refractivity contribution in [3.05, 3.63) is 47.5 Å². The van der Waals surface area contributed by atoms with Gasteiger partial charge in [0.2, 0.25) is 5.75 Å². The molecule has 30 heavy (non-hydrogen) atoms. The predicted molar refractivity (Wildman–Crippen MR) is 107 cm³/mol. The Labute approximate surface area is 174 Å². The van der Waals surface area contributed by atoms with Crippen molar-refractivity contribution in [1.82, 2.24) is 5.32 Å². The lowest BCUT2D eigenvalue weighted by Gasteiger charge is -2.30. The maximum Gasteiger partial charge on any atom is 0.254 e. The van der Waals surface area contributed by atoms with Gasteiger partial charge in [-0.1, -0.05) is 6.07 Å². The van der Waals surface area contributed by atoms with Crippen LogP contribution in [0.25, 0.3) is 0 Å². The lowest BCUT2D eigenvalue weighted by molar-refractivity contribution is 0.0886. The molecule has 162 valence electrons. The summed E-state index contributed by atoms with van der Waals surface area (Å²) in [6, 6.07) is 7.45. The Bertz CT molecular complexity index is 897. The summed E-state index contributed by atoms with van der Waals surface area (Å²) in [6.07, 6.45) is 2.72. The summed E-state index contributed by atoms with van der Waals surface area (Å²) in [5, 5.41) is 2.81. The number of halogens is 2. The molecule has 1 saturated carbocycles. The SMILES string of the molecule is COc1cccc(OC2CCC(NC(=O)c3ccc(F)c(OC)c3F)CC2)c1OC. The van der Waals surface area contributed by atoms with Crippen molar-refractivity contribution in [3.63, 3.8) is 0 Å². The Balaban J connectivity index is 1.58. The molecular weight excluding hydrogens is 396 g/mol. The number of methoxy groups -OCH3 is 3. The summed E-state index contributed by atoms with van der Waals surface area (Å²) >= 11 is 0. The second kappa shape index (κ2) is 9.65. The van der Waals surface area contributed by atoms with Crippen molar-refractivity contribution in [2.75, 3.05) is 21.3 Å². The number of para-hydroxylation sites is 1. The Morgan fingerprint density at radius 3 is 2.20 bits per heavy atom. The smallest absolute Gasteiger partial charge is 0.254 e. The molecule has 6 nitrogen and oxygen atoms in total. The summed E-state index contributed by atoms with van der Waals surface area (Å²) in [4.78, 5) is 12.4. The van der Waals surface area contributed by atoms with Gasteiger partial charge in [-0.3, -0.25) is 4.79 Å². The monoisotopic (exact) mass is 421 g/mol. The minimum atomic E-state index is -1.00. The highest BCUT2D eigenvalue weighted by Crippen LogP contribution is 2.38. The maximum atomic E-state index is 14.3. The Hall–Kier alpha value is -3.03. The first-order valence-corrected chi connectivity index (χ1v) is 9.69. The minimum Gasteiger partial charge on any atom is -0.493 e. The van der Waals surface area contributed by atoms with E-state index in [4.69, 9.17) is 18.9 Å². The fraction of sp³-hybridized carbons (Fsp3) is 0.409. The standard InChI is InChI=1S/C22H25F2NO5/c1-27-17-5-4-6-18(21(17)29-3)30-14-9-7-13(8-10-14)25-22(26)15-11-12-16(23)20(28-2)19(15)24/h4-6,11-14H,7-10H2,1-3H3,(H,25,26). The zero-order valence-electron chi connectivity index (χ0n) is 17.2. The van der Waals surface area contributed by atoms with Gasteiger partial charge < -0.3 is 24.3 Å². The molecule has 0 aliphatic heterocycles. The molecule has 8 heteroatoms. The van der Waals surface area contributed by atoms with Crippen LogP contribution in [0.5, 0.6) is 23.0 Å². The zero-order valence-corrected chi connectivity index (χ0v) is 17.2. The number of hydrogen-bond donors (Lipinski definition) is 1. The largest absolute Gasteiger partial charge is 0.493 e. The molecule has 0 spiro atoms. The Morgan fingerprint density at radius 2 is 1.57 bits per heavy atom. The van der Waals surface area contributed by atoms with Crippen LogP contribution in [0.15, 0.2) is 30.3 Å². The third kappa shape index (κ3) is 4.58. The second-order valence-corrected chi connectivity index (χ2v) is 7.00. The summed E-state index contributed by atoms with van der Waals surface area (Å²) in [7, 11) is 4.28. The van der Waals surface area contributed by atoms with Gasteiger partial charge in [0.25, 0.3) is 5.91 Å².